The zero-order valence-electron chi connectivity index (χ0n) is 14.8. The van der Waals surface area contributed by atoms with Gasteiger partial charge in [0.25, 0.3) is 0 Å². The van der Waals surface area contributed by atoms with E-state index < -0.39 is 0 Å². The third-order valence-corrected chi connectivity index (χ3v) is 5.84. The molecule has 1 atom stereocenters. The number of hydrogen-bond acceptors (Lipinski definition) is 5. The second-order valence-corrected chi connectivity index (χ2v) is 7.70. The molecule has 0 bridgehead atoms. The van der Waals surface area contributed by atoms with Crippen molar-refractivity contribution in [3.8, 4) is 11.4 Å². The van der Waals surface area contributed by atoms with Gasteiger partial charge >= 0.3 is 0 Å². The molecule has 0 spiro atoms. The molecule has 0 radical (unpaired) electrons. The van der Waals surface area contributed by atoms with Crippen LogP contribution in [0, 0.1) is 5.82 Å². The Balaban J connectivity index is 1.71. The first kappa shape index (κ1) is 19.3. The lowest BCUT2D eigenvalue weighted by atomic mass is 10.2. The second kappa shape index (κ2) is 8.96. The number of aromatic nitrogens is 3. The first-order valence-corrected chi connectivity index (χ1v) is 10.2. The Morgan fingerprint density at radius 2 is 2.19 bits per heavy atom. The smallest absolute Gasteiger partial charge is 0.230 e. The Hall–Kier alpha value is -2.45. The molecular formula is C19H19FN4OS2. The van der Waals surface area contributed by atoms with Gasteiger partial charge in [-0.05, 0) is 30.5 Å². The van der Waals surface area contributed by atoms with Crippen LogP contribution in [0.1, 0.15) is 17.8 Å². The number of thioether (sulfide) groups is 1. The third-order valence-electron chi connectivity index (χ3n) is 3.82. The standard InChI is InChI=1S/C19H19FN4OS2/c1-3-10-24-18(14-7-4-5-8-15(14)20)22-23-19(24)27-12-17(25)21-13(2)16-9-6-11-26-16/h3-9,11,13H,1,10,12H2,2H3,(H,21,25). The summed E-state index contributed by atoms with van der Waals surface area (Å²) in [6, 6.07) is 10.3. The molecule has 2 heterocycles. The van der Waals surface area contributed by atoms with Crippen LogP contribution < -0.4 is 5.32 Å². The van der Waals surface area contributed by atoms with Gasteiger partial charge in [0.05, 0.1) is 17.4 Å². The van der Waals surface area contributed by atoms with Crippen molar-refractivity contribution in [1.82, 2.24) is 20.1 Å². The van der Waals surface area contributed by atoms with Crippen molar-refractivity contribution in [3.05, 3.63) is 65.1 Å². The van der Waals surface area contributed by atoms with E-state index in [4.69, 9.17) is 0 Å². The Labute approximate surface area is 165 Å². The molecular weight excluding hydrogens is 383 g/mol. The van der Waals surface area contributed by atoms with Gasteiger partial charge in [0.1, 0.15) is 5.82 Å². The second-order valence-electron chi connectivity index (χ2n) is 5.78. The minimum absolute atomic E-state index is 0.0434. The number of halogens is 1. The van der Waals surface area contributed by atoms with Crippen LogP contribution >= 0.6 is 23.1 Å². The number of carbonyl (C=O) groups is 1. The van der Waals surface area contributed by atoms with Gasteiger partial charge in [-0.2, -0.15) is 0 Å². The molecule has 0 saturated heterocycles. The highest BCUT2D eigenvalue weighted by Gasteiger charge is 2.18. The molecule has 0 aliphatic carbocycles. The van der Waals surface area contributed by atoms with E-state index >= 15 is 0 Å². The van der Waals surface area contributed by atoms with E-state index in [9.17, 15) is 9.18 Å². The minimum Gasteiger partial charge on any atom is -0.348 e. The Morgan fingerprint density at radius 1 is 1.37 bits per heavy atom. The SMILES string of the molecule is C=CCn1c(SCC(=O)NC(C)c2cccs2)nnc1-c1ccccc1F. The van der Waals surface area contributed by atoms with Crippen LogP contribution in [0.5, 0.6) is 0 Å². The van der Waals surface area contributed by atoms with Crippen LogP contribution in [0.4, 0.5) is 4.39 Å². The predicted octanol–water partition coefficient (Wildman–Crippen LogP) is 4.30. The van der Waals surface area contributed by atoms with Crippen molar-refractivity contribution in [2.75, 3.05) is 5.75 Å². The maximum Gasteiger partial charge on any atom is 0.230 e. The van der Waals surface area contributed by atoms with Crippen molar-refractivity contribution in [2.45, 2.75) is 24.7 Å². The molecule has 8 heteroatoms. The lowest BCUT2D eigenvalue weighted by molar-refractivity contribution is -0.119. The van der Waals surface area contributed by atoms with E-state index in [1.165, 1.54) is 17.8 Å². The van der Waals surface area contributed by atoms with Crippen LogP contribution in [0.15, 0.2) is 59.6 Å². The number of benzene rings is 1. The summed E-state index contributed by atoms with van der Waals surface area (Å²) in [6.07, 6.45) is 1.69. The van der Waals surface area contributed by atoms with E-state index in [0.29, 0.717) is 23.1 Å². The number of carbonyl (C=O) groups excluding carboxylic acids is 1. The maximum atomic E-state index is 14.1. The van der Waals surface area contributed by atoms with E-state index in [1.54, 1.807) is 40.2 Å². The van der Waals surface area contributed by atoms with Crippen LogP contribution in [0.3, 0.4) is 0 Å². The predicted molar refractivity (Wildman–Crippen MR) is 107 cm³/mol. The van der Waals surface area contributed by atoms with Gasteiger partial charge in [-0.3, -0.25) is 9.36 Å². The molecule has 2 aromatic heterocycles. The number of hydrogen-bond donors (Lipinski definition) is 1. The fourth-order valence-electron chi connectivity index (χ4n) is 2.55. The summed E-state index contributed by atoms with van der Waals surface area (Å²) >= 11 is 2.87. The van der Waals surface area contributed by atoms with E-state index in [2.05, 4.69) is 22.1 Å². The molecule has 1 N–H and O–H groups in total. The zero-order chi connectivity index (χ0) is 19.2. The van der Waals surface area contributed by atoms with E-state index in [1.807, 2.05) is 24.4 Å². The van der Waals surface area contributed by atoms with Gasteiger partial charge in [0, 0.05) is 11.4 Å². The van der Waals surface area contributed by atoms with Crippen LogP contribution in [-0.4, -0.2) is 26.4 Å². The first-order valence-electron chi connectivity index (χ1n) is 8.34. The molecule has 1 amide bonds. The fraction of sp³-hybridized carbons (Fsp3) is 0.211. The van der Waals surface area contributed by atoms with Gasteiger partial charge in [0.15, 0.2) is 11.0 Å². The number of rotatable bonds is 8. The third kappa shape index (κ3) is 4.64. The minimum atomic E-state index is -0.366. The monoisotopic (exact) mass is 402 g/mol. The average molecular weight is 403 g/mol. The molecule has 1 aromatic carbocycles. The molecule has 140 valence electrons. The Morgan fingerprint density at radius 3 is 2.89 bits per heavy atom. The first-order chi connectivity index (χ1) is 13.1. The van der Waals surface area contributed by atoms with Crippen LogP contribution in [-0.2, 0) is 11.3 Å². The van der Waals surface area contributed by atoms with Crippen molar-refractivity contribution in [2.24, 2.45) is 0 Å². The molecule has 3 aromatic rings. The number of nitrogens with one attached hydrogen (secondary N) is 1. The van der Waals surface area contributed by atoms with E-state index in [-0.39, 0.29) is 23.5 Å². The highest BCUT2D eigenvalue weighted by Crippen LogP contribution is 2.26. The average Bonchev–Trinajstić information content (AvgIpc) is 3.31. The highest BCUT2D eigenvalue weighted by molar-refractivity contribution is 7.99. The van der Waals surface area contributed by atoms with Gasteiger partial charge in [-0.1, -0.05) is 36.0 Å². The van der Waals surface area contributed by atoms with Gasteiger partial charge in [0.2, 0.25) is 5.91 Å². The summed E-state index contributed by atoms with van der Waals surface area (Å²) in [4.78, 5) is 13.4. The molecule has 3 rings (SSSR count). The lowest BCUT2D eigenvalue weighted by Crippen LogP contribution is -2.27. The lowest BCUT2D eigenvalue weighted by Gasteiger charge is -2.12. The molecule has 27 heavy (non-hydrogen) atoms. The maximum absolute atomic E-state index is 14.1. The molecule has 0 aliphatic rings. The highest BCUT2D eigenvalue weighted by atomic mass is 32.2. The quantitative estimate of drug-likeness (QED) is 0.451. The molecule has 0 aliphatic heterocycles. The molecule has 0 fully saturated rings. The normalized spacial score (nSPS) is 11.9. The summed E-state index contributed by atoms with van der Waals surface area (Å²) in [6.45, 7) is 6.11. The van der Waals surface area contributed by atoms with Gasteiger partial charge in [-0.15, -0.1) is 28.1 Å². The molecule has 5 nitrogen and oxygen atoms in total. The molecule has 0 saturated carbocycles. The summed E-state index contributed by atoms with van der Waals surface area (Å²) in [7, 11) is 0. The Bertz CT molecular complexity index is 924. The summed E-state index contributed by atoms with van der Waals surface area (Å²) in [5, 5.41) is 13.8. The van der Waals surface area contributed by atoms with Crippen molar-refractivity contribution in [1.29, 1.82) is 0 Å². The molecule has 1 unspecified atom stereocenters. The van der Waals surface area contributed by atoms with E-state index in [0.717, 1.165) is 4.88 Å². The zero-order valence-corrected chi connectivity index (χ0v) is 16.4. The van der Waals surface area contributed by atoms with Crippen molar-refractivity contribution in [3.63, 3.8) is 0 Å². The number of nitrogens with zero attached hydrogens (tertiary/aromatic N) is 3. The number of thiophene rings is 1. The van der Waals surface area contributed by atoms with Gasteiger partial charge in [-0.25, -0.2) is 4.39 Å². The summed E-state index contributed by atoms with van der Waals surface area (Å²) in [5.74, 6) is 0.154. The van der Waals surface area contributed by atoms with Crippen molar-refractivity contribution < 1.29 is 9.18 Å². The van der Waals surface area contributed by atoms with Crippen LogP contribution in [0.2, 0.25) is 0 Å². The largest absolute Gasteiger partial charge is 0.348 e. The number of amides is 1. The van der Waals surface area contributed by atoms with Crippen molar-refractivity contribution >= 4 is 29.0 Å². The number of allylic oxidation sites excluding steroid dienone is 1. The topological polar surface area (TPSA) is 59.8 Å². The van der Waals surface area contributed by atoms with Crippen LogP contribution in [0.25, 0.3) is 11.4 Å². The van der Waals surface area contributed by atoms with Gasteiger partial charge < -0.3 is 5.32 Å². The fourth-order valence-corrected chi connectivity index (χ4v) is 4.05. The summed E-state index contributed by atoms with van der Waals surface area (Å²) < 4.78 is 15.9. The Kier molecular flexibility index (Phi) is 6.41. The summed E-state index contributed by atoms with van der Waals surface area (Å²) in [5.41, 5.74) is 0.370.